The molecule has 0 radical (unpaired) electrons. The van der Waals surface area contributed by atoms with E-state index in [1.165, 1.54) is 11.1 Å². The summed E-state index contributed by atoms with van der Waals surface area (Å²) in [4.78, 5) is 40.7. The summed E-state index contributed by atoms with van der Waals surface area (Å²) in [5, 5.41) is 17.0. The first-order chi connectivity index (χ1) is 23.8. The number of carboxylic acids is 1. The van der Waals surface area contributed by atoms with Crippen LogP contribution in [0.3, 0.4) is 0 Å². The Labute approximate surface area is 301 Å². The second-order valence-electron chi connectivity index (χ2n) is 14.5. The number of nitrogens with one attached hydrogen (secondary N) is 2. The van der Waals surface area contributed by atoms with Gasteiger partial charge in [0, 0.05) is 49.1 Å². The van der Waals surface area contributed by atoms with Crippen LogP contribution in [0.15, 0.2) is 66.2 Å². The van der Waals surface area contributed by atoms with Crippen molar-refractivity contribution in [2.24, 2.45) is 5.41 Å². The Balaban J connectivity index is 1.31. The van der Waals surface area contributed by atoms with E-state index in [1.807, 2.05) is 24.3 Å². The highest BCUT2D eigenvalue weighted by Crippen LogP contribution is 2.34. The van der Waals surface area contributed by atoms with Gasteiger partial charge < -0.3 is 25.4 Å². The molecule has 0 saturated carbocycles. The number of piperazine rings is 1. The van der Waals surface area contributed by atoms with Crippen molar-refractivity contribution in [2.75, 3.05) is 26.2 Å². The van der Waals surface area contributed by atoms with E-state index in [1.54, 1.807) is 18.7 Å². The number of rotatable bonds is 14. The van der Waals surface area contributed by atoms with E-state index in [0.717, 1.165) is 57.9 Å². The molecule has 9 heteroatoms. The standard InChI is InChI=1S/C41H50ClN3O5/c1-26-21-27(2)28(3)36(22-26)50-20-17-29-12-14-30(15-13-29)33-23-32-24-45(37(46)16-18-41(4,5)40(48)49)25-35(44-32)38(33)39(47)43-19-8-10-31-9-6-7-11-34(31)42/h6-7,9,11-15,21-22,32,35,44H,8,10,16-20,23-25H2,1-5H3,(H,43,47)(H,48,49)/t32-,35-/m1/s1. The Morgan fingerprint density at radius 3 is 2.48 bits per heavy atom. The number of hydrogen-bond acceptors (Lipinski definition) is 5. The van der Waals surface area contributed by atoms with Crippen molar-refractivity contribution in [3.63, 3.8) is 0 Å². The topological polar surface area (TPSA) is 108 Å². The zero-order valence-corrected chi connectivity index (χ0v) is 30.7. The first-order valence-corrected chi connectivity index (χ1v) is 18.0. The van der Waals surface area contributed by atoms with Gasteiger partial charge in [-0.25, -0.2) is 0 Å². The molecule has 2 bridgehead atoms. The summed E-state index contributed by atoms with van der Waals surface area (Å²) in [6, 6.07) is 20.0. The van der Waals surface area contributed by atoms with Gasteiger partial charge in [0.2, 0.25) is 11.8 Å². The molecule has 50 heavy (non-hydrogen) atoms. The van der Waals surface area contributed by atoms with Gasteiger partial charge in [0.25, 0.3) is 0 Å². The van der Waals surface area contributed by atoms with Gasteiger partial charge in [0.05, 0.1) is 18.1 Å². The van der Waals surface area contributed by atoms with Crippen molar-refractivity contribution in [2.45, 2.75) is 85.2 Å². The Hall–Kier alpha value is -4.14. The monoisotopic (exact) mass is 699 g/mol. The van der Waals surface area contributed by atoms with Gasteiger partial charge in [-0.05, 0) is 111 Å². The lowest BCUT2D eigenvalue weighted by Crippen LogP contribution is -2.62. The van der Waals surface area contributed by atoms with E-state index in [4.69, 9.17) is 16.3 Å². The molecule has 0 aromatic heterocycles. The van der Waals surface area contributed by atoms with E-state index in [-0.39, 0.29) is 36.7 Å². The molecule has 2 aliphatic rings. The molecule has 2 aliphatic heterocycles. The number of aryl methyl sites for hydroxylation is 3. The molecule has 1 saturated heterocycles. The predicted octanol–water partition coefficient (Wildman–Crippen LogP) is 6.85. The fourth-order valence-corrected chi connectivity index (χ4v) is 7.08. The zero-order valence-electron chi connectivity index (χ0n) is 29.9. The summed E-state index contributed by atoms with van der Waals surface area (Å²) >= 11 is 6.35. The number of hydrogen-bond donors (Lipinski definition) is 3. The number of nitrogens with zero attached hydrogens (tertiary/aromatic N) is 1. The second-order valence-corrected chi connectivity index (χ2v) is 14.9. The van der Waals surface area contributed by atoms with Crippen LogP contribution in [0.1, 0.15) is 72.9 Å². The van der Waals surface area contributed by atoms with E-state index in [9.17, 15) is 19.5 Å². The molecule has 1 fully saturated rings. The van der Waals surface area contributed by atoms with Crippen LogP contribution < -0.4 is 15.4 Å². The molecule has 266 valence electrons. The number of carboxylic acid groups (broad SMARTS) is 1. The Bertz CT molecular complexity index is 1750. The third kappa shape index (κ3) is 9.15. The molecule has 0 aliphatic carbocycles. The highest BCUT2D eigenvalue weighted by molar-refractivity contribution is 6.31. The van der Waals surface area contributed by atoms with Crippen molar-refractivity contribution in [1.82, 2.24) is 15.5 Å². The number of amides is 2. The molecule has 3 N–H and O–H groups in total. The van der Waals surface area contributed by atoms with Gasteiger partial charge in [-0.2, -0.15) is 0 Å². The molecular weight excluding hydrogens is 650 g/mol. The van der Waals surface area contributed by atoms with Crippen LogP contribution in [0.4, 0.5) is 0 Å². The summed E-state index contributed by atoms with van der Waals surface area (Å²) in [7, 11) is 0. The summed E-state index contributed by atoms with van der Waals surface area (Å²) in [5.74, 6) is -0.219. The summed E-state index contributed by atoms with van der Waals surface area (Å²) in [6.07, 6.45) is 3.24. The highest BCUT2D eigenvalue weighted by atomic mass is 35.5. The molecule has 0 spiro atoms. The largest absolute Gasteiger partial charge is 0.493 e. The molecular formula is C41H50ClN3O5. The maximum atomic E-state index is 14.0. The van der Waals surface area contributed by atoms with Crippen LogP contribution in [0.2, 0.25) is 5.02 Å². The van der Waals surface area contributed by atoms with Gasteiger partial charge >= 0.3 is 5.97 Å². The Morgan fingerprint density at radius 2 is 1.76 bits per heavy atom. The van der Waals surface area contributed by atoms with Crippen LogP contribution in [0.25, 0.3) is 5.57 Å². The Morgan fingerprint density at radius 1 is 1.02 bits per heavy atom. The van der Waals surface area contributed by atoms with Crippen LogP contribution in [0, 0.1) is 26.2 Å². The third-order valence-electron chi connectivity index (χ3n) is 10.1. The third-order valence-corrected chi connectivity index (χ3v) is 10.5. The van der Waals surface area contributed by atoms with Crippen LogP contribution in [0.5, 0.6) is 5.75 Å². The molecule has 2 atom stereocenters. The van der Waals surface area contributed by atoms with Crippen molar-refractivity contribution in [3.8, 4) is 5.75 Å². The van der Waals surface area contributed by atoms with E-state index < -0.39 is 11.4 Å². The first kappa shape index (κ1) is 37.1. The lowest BCUT2D eigenvalue weighted by atomic mass is 9.82. The molecule has 3 aromatic rings. The number of halogens is 1. The minimum atomic E-state index is -0.988. The lowest BCUT2D eigenvalue weighted by molar-refractivity contribution is -0.148. The van der Waals surface area contributed by atoms with Gasteiger partial charge in [-0.1, -0.05) is 60.1 Å². The highest BCUT2D eigenvalue weighted by Gasteiger charge is 2.40. The first-order valence-electron chi connectivity index (χ1n) is 17.6. The van der Waals surface area contributed by atoms with Crippen molar-refractivity contribution in [3.05, 3.63) is 105 Å². The normalized spacial score (nSPS) is 17.4. The molecule has 2 amide bonds. The molecule has 5 rings (SSSR count). The predicted molar refractivity (Wildman–Crippen MR) is 199 cm³/mol. The van der Waals surface area contributed by atoms with Crippen LogP contribution >= 0.6 is 11.6 Å². The maximum absolute atomic E-state index is 14.0. The zero-order chi connectivity index (χ0) is 36.0. The van der Waals surface area contributed by atoms with Crippen LogP contribution in [-0.2, 0) is 27.2 Å². The molecule has 0 unspecified atom stereocenters. The van der Waals surface area contributed by atoms with Gasteiger partial charge in [0.1, 0.15) is 5.75 Å². The number of fused-ring (bicyclic) bond motifs is 2. The minimum Gasteiger partial charge on any atom is -0.493 e. The minimum absolute atomic E-state index is 0.0222. The maximum Gasteiger partial charge on any atom is 0.309 e. The number of ether oxygens (including phenoxy) is 1. The Kier molecular flexibility index (Phi) is 12.1. The summed E-state index contributed by atoms with van der Waals surface area (Å²) < 4.78 is 6.17. The number of benzene rings is 3. The average molecular weight is 700 g/mol. The van der Waals surface area contributed by atoms with Crippen molar-refractivity contribution >= 4 is 35.0 Å². The van der Waals surface area contributed by atoms with E-state index in [2.05, 4.69) is 67.8 Å². The summed E-state index contributed by atoms with van der Waals surface area (Å²) in [5.41, 5.74) is 7.43. The van der Waals surface area contributed by atoms with Crippen molar-refractivity contribution in [1.29, 1.82) is 0 Å². The molecule has 2 heterocycles. The quantitative estimate of drug-likeness (QED) is 0.159. The van der Waals surface area contributed by atoms with E-state index in [0.29, 0.717) is 38.2 Å². The number of carbonyl (C=O) groups excluding carboxylic acids is 2. The molecule has 8 nitrogen and oxygen atoms in total. The SMILES string of the molecule is Cc1cc(C)c(C)c(OCCc2ccc(C3=C(C(=O)NCCCc4ccccc4Cl)[C@H]4CN(C(=O)CCC(C)(C)C(=O)O)C[C@@H](C3)N4)cc2)c1. The van der Waals surface area contributed by atoms with Crippen LogP contribution in [-0.4, -0.2) is 66.1 Å². The van der Waals surface area contributed by atoms with Gasteiger partial charge in [0.15, 0.2) is 0 Å². The average Bonchev–Trinajstić information content (AvgIpc) is 3.08. The van der Waals surface area contributed by atoms with E-state index >= 15 is 0 Å². The number of carbonyl (C=O) groups is 3. The van der Waals surface area contributed by atoms with Crippen molar-refractivity contribution < 1.29 is 24.2 Å². The molecule has 3 aromatic carbocycles. The smallest absolute Gasteiger partial charge is 0.309 e. The lowest BCUT2D eigenvalue weighted by Gasteiger charge is -2.44. The second kappa shape index (κ2) is 16.3. The fourth-order valence-electron chi connectivity index (χ4n) is 6.85. The van der Waals surface area contributed by atoms with Gasteiger partial charge in [-0.15, -0.1) is 0 Å². The summed E-state index contributed by atoms with van der Waals surface area (Å²) in [6.45, 7) is 11.5. The fraction of sp³-hybridized carbons (Fsp3) is 0.439. The van der Waals surface area contributed by atoms with Gasteiger partial charge in [-0.3, -0.25) is 14.4 Å². The number of aliphatic carboxylic acids is 1.